The van der Waals surface area contributed by atoms with Crippen LogP contribution >= 0.6 is 27.3 Å². The molecule has 1 unspecified atom stereocenters. The van der Waals surface area contributed by atoms with Gasteiger partial charge in [0.1, 0.15) is 0 Å². The van der Waals surface area contributed by atoms with E-state index in [9.17, 15) is 0 Å². The fourth-order valence-electron chi connectivity index (χ4n) is 2.10. The summed E-state index contributed by atoms with van der Waals surface area (Å²) < 4.78 is 1.23. The molecule has 0 saturated heterocycles. The molecule has 0 aliphatic heterocycles. The lowest BCUT2D eigenvalue weighted by Gasteiger charge is -2.14. The van der Waals surface area contributed by atoms with Crippen LogP contribution in [0.3, 0.4) is 0 Å². The molecule has 1 aromatic rings. The second kappa shape index (κ2) is 5.46. The van der Waals surface area contributed by atoms with E-state index in [0.29, 0.717) is 0 Å². The van der Waals surface area contributed by atoms with E-state index in [4.69, 9.17) is 0 Å². The molecule has 1 aromatic heterocycles. The highest BCUT2D eigenvalue weighted by Crippen LogP contribution is 2.34. The third-order valence-electron chi connectivity index (χ3n) is 3.12. The molecule has 84 valence electrons. The molecule has 1 N–H and O–H groups in total. The predicted octanol–water partition coefficient (Wildman–Crippen LogP) is 3.83. The van der Waals surface area contributed by atoms with Crippen molar-refractivity contribution in [2.75, 3.05) is 7.05 Å². The van der Waals surface area contributed by atoms with E-state index < -0.39 is 0 Å². The minimum absolute atomic E-state index is 0.772. The van der Waals surface area contributed by atoms with Crippen LogP contribution in [0.5, 0.6) is 0 Å². The van der Waals surface area contributed by atoms with Crippen molar-refractivity contribution >= 4 is 27.3 Å². The van der Waals surface area contributed by atoms with Crippen LogP contribution in [-0.2, 0) is 6.42 Å². The summed E-state index contributed by atoms with van der Waals surface area (Å²) >= 11 is 5.36. The van der Waals surface area contributed by atoms with Gasteiger partial charge in [-0.2, -0.15) is 0 Å². The Labute approximate surface area is 104 Å². The zero-order chi connectivity index (χ0) is 10.7. The normalized spacial score (nSPS) is 18.0. The van der Waals surface area contributed by atoms with Crippen LogP contribution in [-0.4, -0.2) is 13.1 Å². The van der Waals surface area contributed by atoms with E-state index >= 15 is 0 Å². The molecule has 1 saturated carbocycles. The Balaban J connectivity index is 1.69. The van der Waals surface area contributed by atoms with Gasteiger partial charge in [-0.3, -0.25) is 0 Å². The molecule has 1 atom stereocenters. The second-order valence-electron chi connectivity index (χ2n) is 4.36. The lowest BCUT2D eigenvalue weighted by atomic mass is 10.1. The van der Waals surface area contributed by atoms with Gasteiger partial charge in [0.05, 0.1) is 0 Å². The molecule has 0 spiro atoms. The Kier molecular flexibility index (Phi) is 4.23. The summed E-state index contributed by atoms with van der Waals surface area (Å²) in [5.41, 5.74) is 0. The molecule has 1 fully saturated rings. The molecule has 1 nitrogen and oxygen atoms in total. The minimum atomic E-state index is 0.772. The number of hydrogen-bond donors (Lipinski definition) is 1. The smallest absolute Gasteiger partial charge is 0.0285 e. The standard InChI is InChI=1S/C12H18BrNS/c1-14-12(9-5-6-9)4-2-3-11-7-10(13)8-15-11/h7-9,12,14H,2-6H2,1H3. The van der Waals surface area contributed by atoms with Crippen LogP contribution < -0.4 is 5.32 Å². The van der Waals surface area contributed by atoms with E-state index in [1.165, 1.54) is 41.5 Å². The first-order valence-electron chi connectivity index (χ1n) is 5.70. The highest BCUT2D eigenvalue weighted by atomic mass is 79.9. The van der Waals surface area contributed by atoms with Gasteiger partial charge in [-0.05, 0) is 67.1 Å². The van der Waals surface area contributed by atoms with E-state index in [1.807, 2.05) is 11.3 Å². The van der Waals surface area contributed by atoms with Crippen LogP contribution in [0.25, 0.3) is 0 Å². The Morgan fingerprint density at radius 2 is 2.40 bits per heavy atom. The Hall–Kier alpha value is 0.140. The van der Waals surface area contributed by atoms with Crippen molar-refractivity contribution in [3.05, 3.63) is 20.8 Å². The topological polar surface area (TPSA) is 12.0 Å². The van der Waals surface area contributed by atoms with Crippen LogP contribution in [0.4, 0.5) is 0 Å². The van der Waals surface area contributed by atoms with E-state index in [0.717, 1.165) is 12.0 Å². The predicted molar refractivity (Wildman–Crippen MR) is 70.5 cm³/mol. The molecule has 0 radical (unpaired) electrons. The number of aryl methyl sites for hydroxylation is 1. The van der Waals surface area contributed by atoms with Crippen LogP contribution in [0.2, 0.25) is 0 Å². The molecule has 0 bridgehead atoms. The average molecular weight is 288 g/mol. The SMILES string of the molecule is CNC(CCCc1cc(Br)cs1)C1CC1. The zero-order valence-corrected chi connectivity index (χ0v) is 11.5. The molecule has 1 heterocycles. The number of halogens is 1. The van der Waals surface area contributed by atoms with E-state index in [2.05, 4.69) is 39.7 Å². The maximum absolute atomic E-state index is 3.50. The fourth-order valence-corrected chi connectivity index (χ4v) is 3.59. The average Bonchev–Trinajstić information content (AvgIpc) is 2.98. The highest BCUT2D eigenvalue weighted by molar-refractivity contribution is 9.10. The summed E-state index contributed by atoms with van der Waals surface area (Å²) in [6.45, 7) is 0. The Morgan fingerprint density at radius 1 is 1.60 bits per heavy atom. The Bertz CT molecular complexity index is 306. The van der Waals surface area contributed by atoms with Gasteiger partial charge in [0, 0.05) is 20.8 Å². The van der Waals surface area contributed by atoms with Gasteiger partial charge in [0.2, 0.25) is 0 Å². The number of thiophene rings is 1. The van der Waals surface area contributed by atoms with Crippen molar-refractivity contribution < 1.29 is 0 Å². The van der Waals surface area contributed by atoms with Crippen molar-refractivity contribution in [3.8, 4) is 0 Å². The quantitative estimate of drug-likeness (QED) is 0.839. The summed E-state index contributed by atoms with van der Waals surface area (Å²) in [6.07, 6.45) is 6.76. The van der Waals surface area contributed by atoms with E-state index in [1.54, 1.807) is 0 Å². The maximum Gasteiger partial charge on any atom is 0.0285 e. The third-order valence-corrected chi connectivity index (χ3v) is 4.88. The van der Waals surface area contributed by atoms with Crippen molar-refractivity contribution in [2.45, 2.75) is 38.1 Å². The highest BCUT2D eigenvalue weighted by Gasteiger charge is 2.29. The van der Waals surface area contributed by atoms with Gasteiger partial charge in [-0.1, -0.05) is 0 Å². The molecule has 0 aromatic carbocycles. The first-order chi connectivity index (χ1) is 7.29. The molecule has 1 aliphatic carbocycles. The summed E-state index contributed by atoms with van der Waals surface area (Å²) in [5.74, 6) is 0.977. The molecule has 1 aliphatic rings. The zero-order valence-electron chi connectivity index (χ0n) is 9.13. The van der Waals surface area contributed by atoms with Gasteiger partial charge >= 0.3 is 0 Å². The Morgan fingerprint density at radius 3 is 2.93 bits per heavy atom. The van der Waals surface area contributed by atoms with Crippen molar-refractivity contribution in [1.29, 1.82) is 0 Å². The van der Waals surface area contributed by atoms with Crippen molar-refractivity contribution in [1.82, 2.24) is 5.32 Å². The van der Waals surface area contributed by atoms with Crippen LogP contribution in [0.1, 0.15) is 30.6 Å². The summed E-state index contributed by atoms with van der Waals surface area (Å²) in [6, 6.07) is 3.02. The molecular weight excluding hydrogens is 270 g/mol. The number of nitrogens with one attached hydrogen (secondary N) is 1. The van der Waals surface area contributed by atoms with Gasteiger partial charge in [-0.15, -0.1) is 11.3 Å². The fraction of sp³-hybridized carbons (Fsp3) is 0.667. The van der Waals surface area contributed by atoms with Gasteiger partial charge in [0.25, 0.3) is 0 Å². The van der Waals surface area contributed by atoms with Crippen LogP contribution in [0, 0.1) is 5.92 Å². The van der Waals surface area contributed by atoms with Crippen molar-refractivity contribution in [3.63, 3.8) is 0 Å². The van der Waals surface area contributed by atoms with Crippen LogP contribution in [0.15, 0.2) is 15.9 Å². The molecule has 0 amide bonds. The van der Waals surface area contributed by atoms with Gasteiger partial charge in [0.15, 0.2) is 0 Å². The number of rotatable bonds is 6. The van der Waals surface area contributed by atoms with Crippen molar-refractivity contribution in [2.24, 2.45) is 5.92 Å². The minimum Gasteiger partial charge on any atom is -0.317 e. The largest absolute Gasteiger partial charge is 0.317 e. The lowest BCUT2D eigenvalue weighted by Crippen LogP contribution is -2.27. The maximum atomic E-state index is 3.50. The summed E-state index contributed by atoms with van der Waals surface area (Å²) in [5, 5.41) is 5.62. The number of hydrogen-bond acceptors (Lipinski definition) is 2. The first-order valence-corrected chi connectivity index (χ1v) is 7.37. The molecular formula is C12H18BrNS. The summed E-state index contributed by atoms with van der Waals surface area (Å²) in [7, 11) is 2.10. The molecule has 15 heavy (non-hydrogen) atoms. The first kappa shape index (κ1) is 11.6. The summed E-state index contributed by atoms with van der Waals surface area (Å²) in [4.78, 5) is 1.51. The van der Waals surface area contributed by atoms with Gasteiger partial charge < -0.3 is 5.32 Å². The molecule has 3 heteroatoms. The second-order valence-corrected chi connectivity index (χ2v) is 6.27. The van der Waals surface area contributed by atoms with Gasteiger partial charge in [-0.25, -0.2) is 0 Å². The monoisotopic (exact) mass is 287 g/mol. The molecule has 2 rings (SSSR count). The van der Waals surface area contributed by atoms with E-state index in [-0.39, 0.29) is 0 Å². The third kappa shape index (κ3) is 3.58. The lowest BCUT2D eigenvalue weighted by molar-refractivity contribution is 0.457.